The van der Waals surface area contributed by atoms with Crippen LogP contribution in [-0.4, -0.2) is 22.0 Å². The van der Waals surface area contributed by atoms with Crippen LogP contribution in [0.5, 0.6) is 0 Å². The third kappa shape index (κ3) is 2.63. The van der Waals surface area contributed by atoms with E-state index in [1.165, 1.54) is 11.8 Å². The molecule has 0 radical (unpaired) electrons. The van der Waals surface area contributed by atoms with Crippen molar-refractivity contribution in [2.24, 2.45) is 0 Å². The minimum atomic E-state index is 0.0814. The number of hydrogen-bond acceptors (Lipinski definition) is 3. The summed E-state index contributed by atoms with van der Waals surface area (Å²) in [6.07, 6.45) is 0. The summed E-state index contributed by atoms with van der Waals surface area (Å²) in [7, 11) is 0. The van der Waals surface area contributed by atoms with E-state index in [2.05, 4.69) is 0 Å². The summed E-state index contributed by atoms with van der Waals surface area (Å²) in [5.74, 6) is 0.635. The zero-order valence-corrected chi connectivity index (χ0v) is 10.2. The van der Waals surface area contributed by atoms with Gasteiger partial charge < -0.3 is 9.67 Å². The predicted molar refractivity (Wildman–Crippen MR) is 63.7 cm³/mol. The molecular formula is C11H17NO2S. The lowest BCUT2D eigenvalue weighted by molar-refractivity contribution is 0.322. The van der Waals surface area contributed by atoms with Gasteiger partial charge in [0.15, 0.2) is 0 Å². The maximum absolute atomic E-state index is 11.9. The quantitative estimate of drug-likeness (QED) is 0.794. The van der Waals surface area contributed by atoms with E-state index in [-0.39, 0.29) is 12.2 Å². The van der Waals surface area contributed by atoms with Crippen LogP contribution in [0.4, 0.5) is 0 Å². The van der Waals surface area contributed by atoms with Crippen LogP contribution in [0.3, 0.4) is 0 Å². The Morgan fingerprint density at radius 2 is 2.13 bits per heavy atom. The minimum absolute atomic E-state index is 0.0814. The highest BCUT2D eigenvalue weighted by Crippen LogP contribution is 2.20. The second kappa shape index (κ2) is 5.37. The summed E-state index contributed by atoms with van der Waals surface area (Å²) in [6, 6.07) is 2.01. The number of pyridine rings is 1. The predicted octanol–water partition coefficient (Wildman–Crippen LogP) is 1.57. The summed E-state index contributed by atoms with van der Waals surface area (Å²) in [5, 5.41) is 8.75. The van der Waals surface area contributed by atoms with Crippen molar-refractivity contribution in [3.63, 3.8) is 0 Å². The fourth-order valence-electron chi connectivity index (χ4n) is 1.54. The molecular weight excluding hydrogens is 210 g/mol. The van der Waals surface area contributed by atoms with Crippen LogP contribution >= 0.6 is 11.8 Å². The van der Waals surface area contributed by atoms with Gasteiger partial charge in [-0.15, -0.1) is 11.8 Å². The highest BCUT2D eigenvalue weighted by molar-refractivity contribution is 7.99. The third-order valence-corrected chi connectivity index (χ3v) is 3.49. The molecule has 0 aliphatic rings. The Bertz CT molecular complexity index is 398. The molecule has 0 saturated carbocycles. The van der Waals surface area contributed by atoms with E-state index < -0.39 is 0 Å². The summed E-state index contributed by atoms with van der Waals surface area (Å²) >= 11 is 1.53. The molecule has 0 aromatic carbocycles. The molecule has 0 aliphatic heterocycles. The molecule has 3 nitrogen and oxygen atoms in total. The van der Waals surface area contributed by atoms with Gasteiger partial charge in [-0.25, -0.2) is 0 Å². The molecule has 1 heterocycles. The van der Waals surface area contributed by atoms with E-state index >= 15 is 0 Å². The molecule has 0 bridgehead atoms. The number of aromatic nitrogens is 1. The van der Waals surface area contributed by atoms with Crippen LogP contribution in [0, 0.1) is 13.8 Å². The topological polar surface area (TPSA) is 42.2 Å². The lowest BCUT2D eigenvalue weighted by Crippen LogP contribution is -2.24. The molecule has 1 N–H and O–H groups in total. The first-order chi connectivity index (χ1) is 7.11. The van der Waals surface area contributed by atoms with Crippen LogP contribution in [0.1, 0.15) is 18.2 Å². The van der Waals surface area contributed by atoms with E-state index in [0.29, 0.717) is 12.3 Å². The van der Waals surface area contributed by atoms with Crippen LogP contribution < -0.4 is 5.56 Å². The molecule has 15 heavy (non-hydrogen) atoms. The molecule has 1 aromatic heterocycles. The standard InChI is InChI=1S/C11H17NO2S/c1-4-12-8(2)7-10(15-6-5-13)9(3)11(12)14/h7,13H,4-6H2,1-3H3. The number of hydrogen-bond donors (Lipinski definition) is 1. The van der Waals surface area contributed by atoms with Gasteiger partial charge in [0.25, 0.3) is 5.56 Å². The maximum atomic E-state index is 11.9. The molecule has 1 rings (SSSR count). The number of nitrogens with zero attached hydrogens (tertiary/aromatic N) is 1. The van der Waals surface area contributed by atoms with Crippen molar-refractivity contribution in [1.82, 2.24) is 4.57 Å². The van der Waals surface area contributed by atoms with E-state index in [9.17, 15) is 4.79 Å². The molecule has 0 atom stereocenters. The first-order valence-electron chi connectivity index (χ1n) is 5.06. The van der Waals surface area contributed by atoms with Crippen LogP contribution in [0.15, 0.2) is 15.8 Å². The highest BCUT2D eigenvalue weighted by atomic mass is 32.2. The summed E-state index contributed by atoms with van der Waals surface area (Å²) in [5.41, 5.74) is 1.84. The van der Waals surface area contributed by atoms with E-state index in [0.717, 1.165) is 16.2 Å². The second-order valence-corrected chi connectivity index (χ2v) is 4.53. The maximum Gasteiger partial charge on any atom is 0.254 e. The van der Waals surface area contributed by atoms with E-state index in [1.54, 1.807) is 4.57 Å². The number of aryl methyl sites for hydroxylation is 1. The average molecular weight is 227 g/mol. The summed E-state index contributed by atoms with van der Waals surface area (Å²) in [6.45, 7) is 6.59. The number of aliphatic hydroxyl groups is 1. The van der Waals surface area contributed by atoms with Gasteiger partial charge in [-0.1, -0.05) is 0 Å². The Morgan fingerprint density at radius 3 is 2.67 bits per heavy atom. The van der Waals surface area contributed by atoms with E-state index in [4.69, 9.17) is 5.11 Å². The SMILES string of the molecule is CCn1c(C)cc(SCCO)c(C)c1=O. The van der Waals surface area contributed by atoms with Gasteiger partial charge in [0.05, 0.1) is 6.61 Å². The zero-order valence-electron chi connectivity index (χ0n) is 9.41. The van der Waals surface area contributed by atoms with Crippen LogP contribution in [0.25, 0.3) is 0 Å². The van der Waals surface area contributed by atoms with Gasteiger partial charge in [0.1, 0.15) is 0 Å². The normalized spacial score (nSPS) is 10.7. The molecule has 0 spiro atoms. The fraction of sp³-hybridized carbons (Fsp3) is 0.545. The molecule has 0 unspecified atom stereocenters. The van der Waals surface area contributed by atoms with Crippen molar-refractivity contribution in [2.75, 3.05) is 12.4 Å². The third-order valence-electron chi connectivity index (χ3n) is 2.37. The van der Waals surface area contributed by atoms with Crippen LogP contribution in [0.2, 0.25) is 0 Å². The Morgan fingerprint density at radius 1 is 1.47 bits per heavy atom. The second-order valence-electron chi connectivity index (χ2n) is 3.40. The molecule has 84 valence electrons. The molecule has 0 fully saturated rings. The summed E-state index contributed by atoms with van der Waals surface area (Å²) < 4.78 is 1.76. The summed E-state index contributed by atoms with van der Waals surface area (Å²) in [4.78, 5) is 12.9. The smallest absolute Gasteiger partial charge is 0.254 e. The van der Waals surface area contributed by atoms with Crippen LogP contribution in [-0.2, 0) is 6.54 Å². The highest BCUT2D eigenvalue weighted by Gasteiger charge is 2.08. The van der Waals surface area contributed by atoms with E-state index in [1.807, 2.05) is 26.8 Å². The largest absolute Gasteiger partial charge is 0.396 e. The number of thioether (sulfide) groups is 1. The van der Waals surface area contributed by atoms with Gasteiger partial charge >= 0.3 is 0 Å². The monoisotopic (exact) mass is 227 g/mol. The van der Waals surface area contributed by atoms with Crippen molar-refractivity contribution < 1.29 is 5.11 Å². The Labute approximate surface area is 94.1 Å². The van der Waals surface area contributed by atoms with Gasteiger partial charge in [-0.3, -0.25) is 4.79 Å². The van der Waals surface area contributed by atoms with Gasteiger partial charge in [0.2, 0.25) is 0 Å². The lowest BCUT2D eigenvalue weighted by atomic mass is 10.2. The van der Waals surface area contributed by atoms with Crippen molar-refractivity contribution in [3.05, 3.63) is 27.7 Å². The Balaban J connectivity index is 3.16. The minimum Gasteiger partial charge on any atom is -0.396 e. The van der Waals surface area contributed by atoms with Crippen molar-refractivity contribution >= 4 is 11.8 Å². The number of aliphatic hydroxyl groups excluding tert-OH is 1. The van der Waals surface area contributed by atoms with Crippen molar-refractivity contribution in [2.45, 2.75) is 32.2 Å². The zero-order chi connectivity index (χ0) is 11.4. The average Bonchev–Trinajstić information content (AvgIpc) is 2.22. The van der Waals surface area contributed by atoms with Crippen molar-refractivity contribution in [1.29, 1.82) is 0 Å². The fourth-order valence-corrected chi connectivity index (χ4v) is 2.41. The first-order valence-corrected chi connectivity index (χ1v) is 6.05. The molecule has 0 aliphatic carbocycles. The molecule has 0 saturated heterocycles. The molecule has 1 aromatic rings. The van der Waals surface area contributed by atoms with Crippen molar-refractivity contribution in [3.8, 4) is 0 Å². The first kappa shape index (κ1) is 12.3. The number of rotatable bonds is 4. The Kier molecular flexibility index (Phi) is 4.42. The molecule has 4 heteroatoms. The van der Waals surface area contributed by atoms with Gasteiger partial charge in [0, 0.05) is 28.5 Å². The van der Waals surface area contributed by atoms with Gasteiger partial charge in [-0.05, 0) is 26.8 Å². The Hall–Kier alpha value is -0.740. The van der Waals surface area contributed by atoms with Gasteiger partial charge in [-0.2, -0.15) is 0 Å². The molecule has 0 amide bonds. The lowest BCUT2D eigenvalue weighted by Gasteiger charge is -2.11.